The van der Waals surface area contributed by atoms with Crippen LogP contribution in [0.4, 0.5) is 10.1 Å². The van der Waals surface area contributed by atoms with Gasteiger partial charge in [0.15, 0.2) is 13.1 Å². The summed E-state index contributed by atoms with van der Waals surface area (Å²) in [4.78, 5) is 24.5. The summed E-state index contributed by atoms with van der Waals surface area (Å²) in [6.45, 7) is 4.48. The number of hydrogen-bond donors (Lipinski definition) is 3. The standard InChI is InChI=1S/C16H24FN3O2/c1-4-13(5-2)18-15(21)10-20(3)11-16(22)19-14-8-6-12(17)7-9-14/h6-9,13H,4-5,10-11H2,1-3H3,(H,18,21)(H,19,22)/p+1. The largest absolute Gasteiger partial charge is 0.349 e. The number of halogens is 1. The van der Waals surface area contributed by atoms with Crippen molar-refractivity contribution in [3.63, 3.8) is 0 Å². The van der Waals surface area contributed by atoms with Crippen LogP contribution in [0.1, 0.15) is 26.7 Å². The van der Waals surface area contributed by atoms with Gasteiger partial charge in [-0.2, -0.15) is 0 Å². The highest BCUT2D eigenvalue weighted by atomic mass is 19.1. The molecule has 5 nitrogen and oxygen atoms in total. The molecule has 0 heterocycles. The van der Waals surface area contributed by atoms with Crippen molar-refractivity contribution >= 4 is 17.5 Å². The minimum Gasteiger partial charge on any atom is -0.349 e. The van der Waals surface area contributed by atoms with Crippen LogP contribution >= 0.6 is 0 Å². The lowest BCUT2D eigenvalue weighted by Crippen LogP contribution is -3.11. The van der Waals surface area contributed by atoms with Gasteiger partial charge in [0, 0.05) is 11.7 Å². The average Bonchev–Trinajstić information content (AvgIpc) is 2.46. The van der Waals surface area contributed by atoms with E-state index in [2.05, 4.69) is 10.6 Å². The van der Waals surface area contributed by atoms with Crippen molar-refractivity contribution in [3.8, 4) is 0 Å². The Morgan fingerprint density at radius 2 is 1.64 bits per heavy atom. The summed E-state index contributed by atoms with van der Waals surface area (Å²) >= 11 is 0. The Morgan fingerprint density at radius 3 is 2.18 bits per heavy atom. The van der Waals surface area contributed by atoms with Gasteiger partial charge in [0.1, 0.15) is 5.82 Å². The van der Waals surface area contributed by atoms with Crippen LogP contribution < -0.4 is 15.5 Å². The predicted octanol–water partition coefficient (Wildman–Crippen LogP) is 0.584. The van der Waals surface area contributed by atoms with E-state index in [9.17, 15) is 14.0 Å². The third-order valence-corrected chi connectivity index (χ3v) is 3.40. The van der Waals surface area contributed by atoms with E-state index in [0.29, 0.717) is 5.69 Å². The van der Waals surface area contributed by atoms with E-state index in [-0.39, 0.29) is 36.8 Å². The first-order valence-electron chi connectivity index (χ1n) is 7.60. The minimum atomic E-state index is -0.348. The van der Waals surface area contributed by atoms with Crippen molar-refractivity contribution in [3.05, 3.63) is 30.1 Å². The van der Waals surface area contributed by atoms with Gasteiger partial charge in [0.05, 0.1) is 7.05 Å². The van der Waals surface area contributed by atoms with E-state index < -0.39 is 0 Å². The predicted molar refractivity (Wildman–Crippen MR) is 84.2 cm³/mol. The second kappa shape index (κ2) is 9.15. The van der Waals surface area contributed by atoms with Crippen LogP contribution in [-0.4, -0.2) is 38.0 Å². The fourth-order valence-corrected chi connectivity index (χ4v) is 2.12. The second-order valence-electron chi connectivity index (χ2n) is 5.45. The van der Waals surface area contributed by atoms with Crippen LogP contribution in [0.3, 0.4) is 0 Å². The molecule has 6 heteroatoms. The molecule has 0 saturated carbocycles. The molecular formula is C16H25FN3O2+. The summed E-state index contributed by atoms with van der Waals surface area (Å²) in [7, 11) is 1.79. The van der Waals surface area contributed by atoms with Crippen LogP contribution in [0.2, 0.25) is 0 Å². The summed E-state index contributed by atoms with van der Waals surface area (Å²) in [6, 6.07) is 5.77. The van der Waals surface area contributed by atoms with Gasteiger partial charge < -0.3 is 15.5 Å². The highest BCUT2D eigenvalue weighted by molar-refractivity contribution is 5.91. The summed E-state index contributed by atoms with van der Waals surface area (Å²) in [5, 5.41) is 5.62. The zero-order chi connectivity index (χ0) is 16.5. The quantitative estimate of drug-likeness (QED) is 0.658. The monoisotopic (exact) mass is 310 g/mol. The lowest BCUT2D eigenvalue weighted by molar-refractivity contribution is -0.862. The van der Waals surface area contributed by atoms with Crippen molar-refractivity contribution in [1.29, 1.82) is 0 Å². The number of rotatable bonds is 8. The van der Waals surface area contributed by atoms with Crippen molar-refractivity contribution in [2.24, 2.45) is 0 Å². The van der Waals surface area contributed by atoms with Gasteiger partial charge in [0.2, 0.25) is 0 Å². The first kappa shape index (κ1) is 18.1. The summed E-state index contributed by atoms with van der Waals surface area (Å²) < 4.78 is 12.8. The number of likely N-dealkylation sites (N-methyl/N-ethyl adjacent to an activating group) is 1. The number of carbonyl (C=O) groups is 2. The van der Waals surface area contributed by atoms with Crippen LogP contribution in [-0.2, 0) is 9.59 Å². The average molecular weight is 310 g/mol. The maximum atomic E-state index is 12.8. The Morgan fingerprint density at radius 1 is 1.09 bits per heavy atom. The normalized spacial score (nSPS) is 12.0. The Bertz CT molecular complexity index is 487. The Labute approximate surface area is 130 Å². The summed E-state index contributed by atoms with van der Waals surface area (Å²) in [5.74, 6) is -0.612. The number of nitrogens with one attached hydrogen (secondary N) is 3. The second-order valence-corrected chi connectivity index (χ2v) is 5.45. The molecule has 0 aliphatic rings. The minimum absolute atomic E-state index is 0.0548. The zero-order valence-electron chi connectivity index (χ0n) is 13.4. The molecule has 0 aromatic heterocycles. The van der Waals surface area contributed by atoms with Gasteiger partial charge in [-0.3, -0.25) is 9.59 Å². The molecule has 122 valence electrons. The van der Waals surface area contributed by atoms with Crippen molar-refractivity contribution in [1.82, 2.24) is 5.32 Å². The molecule has 2 amide bonds. The van der Waals surface area contributed by atoms with Crippen LogP contribution in [0.25, 0.3) is 0 Å². The molecule has 0 aliphatic heterocycles. The molecule has 0 spiro atoms. The highest BCUT2D eigenvalue weighted by Gasteiger charge is 2.16. The molecule has 0 aliphatic carbocycles. The van der Waals surface area contributed by atoms with E-state index >= 15 is 0 Å². The molecular weight excluding hydrogens is 285 g/mol. The van der Waals surface area contributed by atoms with Gasteiger partial charge in [-0.25, -0.2) is 4.39 Å². The van der Waals surface area contributed by atoms with Crippen molar-refractivity contribution in [2.75, 3.05) is 25.5 Å². The third kappa shape index (κ3) is 6.67. The molecule has 1 unspecified atom stereocenters. The van der Waals surface area contributed by atoms with Gasteiger partial charge in [0.25, 0.3) is 11.8 Å². The first-order chi connectivity index (χ1) is 10.4. The zero-order valence-corrected chi connectivity index (χ0v) is 13.4. The lowest BCUT2D eigenvalue weighted by Gasteiger charge is -2.17. The van der Waals surface area contributed by atoms with Gasteiger partial charge in [-0.15, -0.1) is 0 Å². The number of quaternary nitrogens is 1. The molecule has 0 radical (unpaired) electrons. The SMILES string of the molecule is CCC(CC)NC(=O)C[NH+](C)CC(=O)Nc1ccc(F)cc1. The summed E-state index contributed by atoms with van der Waals surface area (Å²) in [6.07, 6.45) is 1.79. The molecule has 1 aromatic rings. The van der Waals surface area contributed by atoms with E-state index in [1.165, 1.54) is 24.3 Å². The maximum absolute atomic E-state index is 12.8. The van der Waals surface area contributed by atoms with Crippen LogP contribution in [0.5, 0.6) is 0 Å². The molecule has 0 fully saturated rings. The van der Waals surface area contributed by atoms with E-state index in [4.69, 9.17) is 0 Å². The fourth-order valence-electron chi connectivity index (χ4n) is 2.12. The lowest BCUT2D eigenvalue weighted by atomic mass is 10.2. The number of amides is 2. The first-order valence-corrected chi connectivity index (χ1v) is 7.60. The smallest absolute Gasteiger partial charge is 0.279 e. The molecule has 1 rings (SSSR count). The Kier molecular flexibility index (Phi) is 7.52. The third-order valence-electron chi connectivity index (χ3n) is 3.40. The van der Waals surface area contributed by atoms with Gasteiger partial charge in [-0.05, 0) is 37.1 Å². The molecule has 1 atom stereocenters. The number of benzene rings is 1. The number of hydrogen-bond acceptors (Lipinski definition) is 2. The molecule has 22 heavy (non-hydrogen) atoms. The molecule has 3 N–H and O–H groups in total. The Hall–Kier alpha value is -1.95. The highest BCUT2D eigenvalue weighted by Crippen LogP contribution is 2.07. The van der Waals surface area contributed by atoms with Crippen molar-refractivity contribution < 1.29 is 18.9 Å². The van der Waals surface area contributed by atoms with Crippen molar-refractivity contribution in [2.45, 2.75) is 32.7 Å². The van der Waals surface area contributed by atoms with E-state index in [1.54, 1.807) is 7.05 Å². The number of carbonyl (C=O) groups excluding carboxylic acids is 2. The topological polar surface area (TPSA) is 62.6 Å². The number of anilines is 1. The van der Waals surface area contributed by atoms with Crippen LogP contribution in [0, 0.1) is 5.82 Å². The van der Waals surface area contributed by atoms with E-state index in [1.807, 2.05) is 13.8 Å². The van der Waals surface area contributed by atoms with Crippen LogP contribution in [0.15, 0.2) is 24.3 Å². The van der Waals surface area contributed by atoms with Gasteiger partial charge >= 0.3 is 0 Å². The fraction of sp³-hybridized carbons (Fsp3) is 0.500. The Balaban J connectivity index is 2.37. The van der Waals surface area contributed by atoms with E-state index in [0.717, 1.165) is 17.7 Å². The molecule has 1 aromatic carbocycles. The molecule has 0 saturated heterocycles. The van der Waals surface area contributed by atoms with Gasteiger partial charge in [-0.1, -0.05) is 13.8 Å². The summed E-state index contributed by atoms with van der Waals surface area (Å²) in [5.41, 5.74) is 0.542. The maximum Gasteiger partial charge on any atom is 0.279 e. The molecule has 0 bridgehead atoms.